The smallest absolute Gasteiger partial charge is 0.338 e. The van der Waals surface area contributed by atoms with Gasteiger partial charge in [-0.15, -0.1) is 0 Å². The highest BCUT2D eigenvalue weighted by Gasteiger charge is 2.20. The summed E-state index contributed by atoms with van der Waals surface area (Å²) in [7, 11) is 0. The summed E-state index contributed by atoms with van der Waals surface area (Å²) >= 11 is 5.80. The number of nitrogens with zero attached hydrogens (tertiary/aromatic N) is 1. The number of phenols is 1. The van der Waals surface area contributed by atoms with E-state index < -0.39 is 17.8 Å². The second-order valence-corrected chi connectivity index (χ2v) is 7.20. The highest BCUT2D eigenvalue weighted by Crippen LogP contribution is 2.29. The van der Waals surface area contributed by atoms with E-state index in [4.69, 9.17) is 16.3 Å². The van der Waals surface area contributed by atoms with Crippen LogP contribution in [-0.2, 0) is 9.53 Å². The van der Waals surface area contributed by atoms with Gasteiger partial charge in [-0.2, -0.15) is 0 Å². The third-order valence-corrected chi connectivity index (χ3v) is 4.90. The summed E-state index contributed by atoms with van der Waals surface area (Å²) in [6, 6.07) is 13.7. The molecule has 8 nitrogen and oxygen atoms in total. The van der Waals surface area contributed by atoms with Crippen molar-refractivity contribution < 1.29 is 24.2 Å². The average Bonchev–Trinajstić information content (AvgIpc) is 3.22. The summed E-state index contributed by atoms with van der Waals surface area (Å²) in [6.45, 7) is 0.222. The Morgan fingerprint density at radius 2 is 1.78 bits per heavy atom. The molecule has 160 valence electrons. The van der Waals surface area contributed by atoms with Crippen molar-refractivity contribution in [1.82, 2.24) is 4.98 Å². The van der Waals surface area contributed by atoms with Crippen molar-refractivity contribution in [1.29, 1.82) is 0 Å². The van der Waals surface area contributed by atoms with Crippen LogP contribution in [0.1, 0.15) is 26.3 Å². The third kappa shape index (κ3) is 4.45. The summed E-state index contributed by atoms with van der Waals surface area (Å²) in [6.07, 6.45) is 3.05. The van der Waals surface area contributed by atoms with Gasteiger partial charge in [0.15, 0.2) is 0 Å². The first-order chi connectivity index (χ1) is 15.4. The molecule has 9 heteroatoms. The first kappa shape index (κ1) is 21.1. The van der Waals surface area contributed by atoms with E-state index >= 15 is 0 Å². The Labute approximate surface area is 187 Å². The minimum absolute atomic E-state index is 0.0462. The van der Waals surface area contributed by atoms with Crippen molar-refractivity contribution in [3.63, 3.8) is 0 Å². The maximum Gasteiger partial charge on any atom is 0.338 e. The molecule has 2 heterocycles. The first-order valence-corrected chi connectivity index (χ1v) is 9.84. The fourth-order valence-electron chi connectivity index (χ4n) is 3.08. The van der Waals surface area contributed by atoms with E-state index in [1.165, 1.54) is 42.6 Å². The number of amides is 2. The van der Waals surface area contributed by atoms with Crippen LogP contribution in [0.25, 0.3) is 5.57 Å². The number of halogens is 1. The van der Waals surface area contributed by atoms with Crippen molar-refractivity contribution in [2.24, 2.45) is 0 Å². The molecule has 0 radical (unpaired) electrons. The van der Waals surface area contributed by atoms with Gasteiger partial charge in [-0.25, -0.2) is 9.78 Å². The summed E-state index contributed by atoms with van der Waals surface area (Å²) in [4.78, 5) is 41.1. The third-order valence-electron chi connectivity index (χ3n) is 4.67. The number of hydrogen-bond acceptors (Lipinski definition) is 6. The molecule has 0 bridgehead atoms. The number of carbonyl (C=O) groups is 3. The quantitative estimate of drug-likeness (QED) is 0.402. The topological polar surface area (TPSA) is 118 Å². The Balaban J connectivity index is 1.53. The van der Waals surface area contributed by atoms with Crippen molar-refractivity contribution in [3.8, 4) is 5.75 Å². The van der Waals surface area contributed by atoms with Crippen molar-refractivity contribution in [2.45, 2.75) is 0 Å². The van der Waals surface area contributed by atoms with Crippen LogP contribution in [0.2, 0.25) is 5.02 Å². The van der Waals surface area contributed by atoms with Crippen LogP contribution in [0.3, 0.4) is 0 Å². The zero-order valence-electron chi connectivity index (χ0n) is 16.5. The maximum absolute atomic E-state index is 12.7. The zero-order chi connectivity index (χ0) is 22.7. The van der Waals surface area contributed by atoms with E-state index in [1.807, 2.05) is 0 Å². The molecule has 3 aromatic rings. The van der Waals surface area contributed by atoms with E-state index in [1.54, 1.807) is 24.3 Å². The number of rotatable bonds is 5. The second kappa shape index (κ2) is 8.91. The van der Waals surface area contributed by atoms with Crippen LogP contribution in [0.5, 0.6) is 5.75 Å². The van der Waals surface area contributed by atoms with E-state index in [0.717, 1.165) is 0 Å². The molecule has 0 aliphatic carbocycles. The van der Waals surface area contributed by atoms with Crippen LogP contribution < -0.4 is 10.6 Å². The highest BCUT2D eigenvalue weighted by molar-refractivity contribution is 6.30. The molecule has 32 heavy (non-hydrogen) atoms. The van der Waals surface area contributed by atoms with Gasteiger partial charge in [-0.05, 0) is 48.0 Å². The number of benzene rings is 2. The number of hydrogen-bond donors (Lipinski definition) is 3. The van der Waals surface area contributed by atoms with Gasteiger partial charge < -0.3 is 20.5 Å². The van der Waals surface area contributed by atoms with Gasteiger partial charge in [0.1, 0.15) is 18.2 Å². The van der Waals surface area contributed by atoms with E-state index in [0.29, 0.717) is 16.2 Å². The first-order valence-electron chi connectivity index (χ1n) is 9.46. The fraction of sp³-hybridized carbons (Fsp3) is 0.0435. The Morgan fingerprint density at radius 1 is 1.00 bits per heavy atom. The van der Waals surface area contributed by atoms with Gasteiger partial charge in [0.2, 0.25) is 0 Å². The van der Waals surface area contributed by atoms with Crippen molar-refractivity contribution >= 4 is 46.5 Å². The summed E-state index contributed by atoms with van der Waals surface area (Å²) in [5.41, 5.74) is 1.34. The molecular weight excluding hydrogens is 434 g/mol. The Morgan fingerprint density at radius 3 is 2.44 bits per heavy atom. The number of aromatic nitrogens is 1. The lowest BCUT2D eigenvalue weighted by Crippen LogP contribution is -2.19. The van der Waals surface area contributed by atoms with Gasteiger partial charge in [0, 0.05) is 11.8 Å². The Hall–Kier alpha value is -4.17. The number of nitrogens with one attached hydrogen (secondary N) is 2. The molecule has 0 atom stereocenters. The van der Waals surface area contributed by atoms with Gasteiger partial charge in [-0.3, -0.25) is 9.59 Å². The maximum atomic E-state index is 12.7. The molecule has 0 unspecified atom stereocenters. The number of cyclic esters (lactones) is 1. The monoisotopic (exact) mass is 449 g/mol. The summed E-state index contributed by atoms with van der Waals surface area (Å²) < 4.78 is 4.89. The number of esters is 1. The molecule has 0 saturated carbocycles. The van der Waals surface area contributed by atoms with Gasteiger partial charge in [0.05, 0.1) is 21.8 Å². The minimum Gasteiger partial charge on any atom is -0.506 e. The number of phenolic OH excluding ortho intramolecular Hbond substituents is 1. The molecule has 0 spiro atoms. The number of pyridine rings is 1. The lowest BCUT2D eigenvalue weighted by Gasteiger charge is -2.13. The highest BCUT2D eigenvalue weighted by atomic mass is 35.5. The van der Waals surface area contributed by atoms with Crippen LogP contribution in [-0.4, -0.2) is 34.5 Å². The van der Waals surface area contributed by atoms with Crippen LogP contribution >= 0.6 is 11.6 Å². The predicted molar refractivity (Wildman–Crippen MR) is 119 cm³/mol. The number of ether oxygens (including phenoxy) is 1. The average molecular weight is 450 g/mol. The van der Waals surface area contributed by atoms with E-state index in [2.05, 4.69) is 15.6 Å². The molecule has 0 fully saturated rings. The molecule has 0 saturated heterocycles. The van der Waals surface area contributed by atoms with Crippen LogP contribution in [0.4, 0.5) is 11.5 Å². The number of carbonyl (C=O) groups excluding carboxylic acids is 3. The molecular formula is C23H16ClN3O5. The second-order valence-electron chi connectivity index (χ2n) is 6.76. The molecule has 3 N–H and O–H groups in total. The van der Waals surface area contributed by atoms with E-state index in [9.17, 15) is 19.5 Å². The lowest BCUT2D eigenvalue weighted by molar-refractivity contribution is -0.133. The van der Waals surface area contributed by atoms with Crippen molar-refractivity contribution in [3.05, 3.63) is 88.6 Å². The molecule has 1 aromatic heterocycles. The fourth-order valence-corrected chi connectivity index (χ4v) is 3.19. The minimum atomic E-state index is -0.576. The largest absolute Gasteiger partial charge is 0.506 e. The van der Waals surface area contributed by atoms with Crippen LogP contribution in [0, 0.1) is 0 Å². The predicted octanol–water partition coefficient (Wildman–Crippen LogP) is 3.89. The van der Waals surface area contributed by atoms with Crippen LogP contribution in [0.15, 0.2) is 66.9 Å². The van der Waals surface area contributed by atoms with Crippen molar-refractivity contribution in [2.75, 3.05) is 17.2 Å². The van der Waals surface area contributed by atoms with Gasteiger partial charge in [-0.1, -0.05) is 29.8 Å². The number of anilines is 2. The molecule has 1 aliphatic heterocycles. The molecule has 2 aromatic carbocycles. The SMILES string of the molecule is O=C1OCC=C1c1ccc(C(=O)Nc2c(O)cccc2C(=O)Nc2ccc(Cl)cn2)cc1. The molecule has 2 amide bonds. The standard InChI is InChI=1S/C23H16ClN3O5/c24-15-8-9-19(25-12-15)26-22(30)17-2-1-3-18(28)20(17)27-21(29)14-6-4-13(5-7-14)16-10-11-32-23(16)31/h1-10,12,28H,11H2,(H,27,29)(H,25,26,30). The summed E-state index contributed by atoms with van der Waals surface area (Å²) in [5.74, 6) is -1.55. The van der Waals surface area contributed by atoms with Gasteiger partial charge in [0.25, 0.3) is 11.8 Å². The normalized spacial score (nSPS) is 12.7. The van der Waals surface area contributed by atoms with Gasteiger partial charge >= 0.3 is 5.97 Å². The Kier molecular flexibility index (Phi) is 5.87. The van der Waals surface area contributed by atoms with E-state index in [-0.39, 0.29) is 35.0 Å². The number of para-hydroxylation sites is 1. The number of aromatic hydroxyl groups is 1. The lowest BCUT2D eigenvalue weighted by atomic mass is 10.0. The zero-order valence-corrected chi connectivity index (χ0v) is 17.2. The molecule has 4 rings (SSSR count). The molecule has 1 aliphatic rings. The Bertz CT molecular complexity index is 1240. The summed E-state index contributed by atoms with van der Waals surface area (Å²) in [5, 5.41) is 15.8.